The highest BCUT2D eigenvalue weighted by molar-refractivity contribution is 14.0. The Kier molecular flexibility index (Phi) is 9.14. The van der Waals surface area contributed by atoms with E-state index >= 15 is 0 Å². The van der Waals surface area contributed by atoms with Crippen molar-refractivity contribution in [2.24, 2.45) is 4.99 Å². The van der Waals surface area contributed by atoms with Crippen LogP contribution in [0, 0.1) is 29.5 Å². The fourth-order valence-corrected chi connectivity index (χ4v) is 1.41. The molecule has 0 unspecified atom stereocenters. The molecule has 1 aromatic carbocycles. The van der Waals surface area contributed by atoms with Crippen molar-refractivity contribution in [3.05, 3.63) is 35.1 Å². The first-order valence-corrected chi connectivity index (χ1v) is 5.85. The smallest absolute Gasteiger partial charge is 0.192 e. The fraction of sp³-hybridized carbons (Fsp3) is 0.286. The Morgan fingerprint density at radius 1 is 1.45 bits per heavy atom. The second-order valence-electron chi connectivity index (χ2n) is 3.67. The molecule has 0 fully saturated rings. The molecule has 0 saturated carbocycles. The van der Waals surface area contributed by atoms with Crippen LogP contribution in [-0.2, 0) is 6.54 Å². The molecular formula is C14H16FIN4. The third kappa shape index (κ3) is 5.89. The van der Waals surface area contributed by atoms with Crippen molar-refractivity contribution in [3.63, 3.8) is 0 Å². The quantitative estimate of drug-likeness (QED) is 0.360. The molecule has 4 nitrogen and oxygen atoms in total. The van der Waals surface area contributed by atoms with E-state index in [4.69, 9.17) is 11.7 Å². The molecule has 2 N–H and O–H groups in total. The van der Waals surface area contributed by atoms with Crippen LogP contribution < -0.4 is 10.6 Å². The minimum absolute atomic E-state index is 0. The predicted molar refractivity (Wildman–Crippen MR) is 88.2 cm³/mol. The molecule has 1 aromatic rings. The van der Waals surface area contributed by atoms with Crippen molar-refractivity contribution < 1.29 is 4.39 Å². The summed E-state index contributed by atoms with van der Waals surface area (Å²) in [4.78, 5) is 4.21. The van der Waals surface area contributed by atoms with Gasteiger partial charge in [0, 0.05) is 12.1 Å². The zero-order valence-corrected chi connectivity index (χ0v) is 13.4. The molecule has 0 aromatic heterocycles. The van der Waals surface area contributed by atoms with Gasteiger partial charge >= 0.3 is 0 Å². The van der Waals surface area contributed by atoms with Crippen LogP contribution in [0.5, 0.6) is 0 Å². The molecule has 0 radical (unpaired) electrons. The second-order valence-corrected chi connectivity index (χ2v) is 3.67. The molecule has 0 aliphatic heterocycles. The standard InChI is InChI=1S/C14H15FN4.HI/c1-3-7-18-14(17-4-2)19-10-12-8-11(9-16)5-6-13(12)15;/h1,5-6,8H,4,7,10H2,2H3,(H2,17,18,19);1H. The van der Waals surface area contributed by atoms with Crippen LogP contribution in [0.1, 0.15) is 18.1 Å². The Bertz CT molecular complexity index is 543. The van der Waals surface area contributed by atoms with Crippen LogP contribution in [-0.4, -0.2) is 19.0 Å². The summed E-state index contributed by atoms with van der Waals surface area (Å²) in [7, 11) is 0. The average molecular weight is 386 g/mol. The Hall–Kier alpha value is -1.80. The van der Waals surface area contributed by atoms with Gasteiger partial charge in [-0.25, -0.2) is 9.38 Å². The van der Waals surface area contributed by atoms with Crippen LogP contribution in [0.3, 0.4) is 0 Å². The van der Waals surface area contributed by atoms with Crippen molar-refractivity contribution in [1.29, 1.82) is 5.26 Å². The molecule has 0 heterocycles. The van der Waals surface area contributed by atoms with Crippen LogP contribution in [0.15, 0.2) is 23.2 Å². The van der Waals surface area contributed by atoms with E-state index < -0.39 is 0 Å². The van der Waals surface area contributed by atoms with E-state index in [0.29, 0.717) is 30.2 Å². The van der Waals surface area contributed by atoms with Crippen LogP contribution >= 0.6 is 24.0 Å². The van der Waals surface area contributed by atoms with Gasteiger partial charge in [-0.1, -0.05) is 5.92 Å². The molecule has 0 saturated heterocycles. The number of aliphatic imine (C=N–C) groups is 1. The van der Waals surface area contributed by atoms with E-state index in [1.807, 2.05) is 13.0 Å². The largest absolute Gasteiger partial charge is 0.357 e. The number of halogens is 2. The number of hydrogen-bond acceptors (Lipinski definition) is 2. The van der Waals surface area contributed by atoms with Gasteiger partial charge in [0.25, 0.3) is 0 Å². The molecule has 0 aliphatic rings. The number of benzene rings is 1. The van der Waals surface area contributed by atoms with E-state index in [1.165, 1.54) is 18.2 Å². The number of nitriles is 1. The fourth-order valence-electron chi connectivity index (χ4n) is 1.41. The van der Waals surface area contributed by atoms with Gasteiger partial charge in [0.1, 0.15) is 5.82 Å². The van der Waals surface area contributed by atoms with Gasteiger partial charge in [-0.05, 0) is 25.1 Å². The summed E-state index contributed by atoms with van der Waals surface area (Å²) in [5, 5.41) is 14.7. The number of nitrogens with one attached hydrogen (secondary N) is 2. The van der Waals surface area contributed by atoms with Gasteiger partial charge in [0.2, 0.25) is 0 Å². The summed E-state index contributed by atoms with van der Waals surface area (Å²) >= 11 is 0. The maximum absolute atomic E-state index is 13.5. The highest BCUT2D eigenvalue weighted by atomic mass is 127. The molecule has 6 heteroatoms. The van der Waals surface area contributed by atoms with Gasteiger partial charge in [-0.3, -0.25) is 0 Å². The van der Waals surface area contributed by atoms with E-state index in [1.54, 1.807) is 0 Å². The average Bonchev–Trinajstić information content (AvgIpc) is 2.43. The van der Waals surface area contributed by atoms with E-state index in [-0.39, 0.29) is 36.3 Å². The van der Waals surface area contributed by atoms with Gasteiger partial charge in [0.05, 0.1) is 24.7 Å². The summed E-state index contributed by atoms with van der Waals surface area (Å²) < 4.78 is 13.5. The van der Waals surface area contributed by atoms with Crippen molar-refractivity contribution in [3.8, 4) is 18.4 Å². The van der Waals surface area contributed by atoms with E-state index in [9.17, 15) is 4.39 Å². The zero-order valence-electron chi connectivity index (χ0n) is 11.1. The molecular weight excluding hydrogens is 370 g/mol. The molecule has 106 valence electrons. The monoisotopic (exact) mass is 386 g/mol. The molecule has 0 aliphatic carbocycles. The lowest BCUT2D eigenvalue weighted by atomic mass is 10.1. The van der Waals surface area contributed by atoms with E-state index in [0.717, 1.165) is 0 Å². The predicted octanol–water partition coefficient (Wildman–Crippen LogP) is 2.00. The van der Waals surface area contributed by atoms with Crippen LogP contribution in [0.4, 0.5) is 4.39 Å². The Balaban J connectivity index is 0.00000361. The molecule has 1 rings (SSSR count). The first kappa shape index (κ1) is 18.2. The zero-order chi connectivity index (χ0) is 14.1. The molecule has 0 atom stereocenters. The Morgan fingerprint density at radius 3 is 2.80 bits per heavy atom. The van der Waals surface area contributed by atoms with Crippen molar-refractivity contribution in [2.45, 2.75) is 13.5 Å². The Labute approximate surface area is 135 Å². The normalized spacial score (nSPS) is 9.90. The number of terminal acetylenes is 1. The summed E-state index contributed by atoms with van der Waals surface area (Å²) in [6.07, 6.45) is 5.15. The SMILES string of the molecule is C#CCNC(=NCc1cc(C#N)ccc1F)NCC.I. The van der Waals surface area contributed by atoms with E-state index in [2.05, 4.69) is 21.5 Å². The number of rotatable bonds is 4. The van der Waals surface area contributed by atoms with Crippen molar-refractivity contribution in [1.82, 2.24) is 10.6 Å². The lowest BCUT2D eigenvalue weighted by molar-refractivity contribution is 0.610. The third-order valence-corrected chi connectivity index (χ3v) is 2.28. The topological polar surface area (TPSA) is 60.2 Å². The van der Waals surface area contributed by atoms with Crippen LogP contribution in [0.2, 0.25) is 0 Å². The minimum Gasteiger partial charge on any atom is -0.357 e. The first-order valence-electron chi connectivity index (χ1n) is 5.85. The molecule has 0 amide bonds. The minimum atomic E-state index is -0.379. The summed E-state index contributed by atoms with van der Waals surface area (Å²) in [5.74, 6) is 2.57. The highest BCUT2D eigenvalue weighted by Gasteiger charge is 2.03. The maximum Gasteiger partial charge on any atom is 0.192 e. The molecule has 0 spiro atoms. The van der Waals surface area contributed by atoms with Gasteiger partial charge < -0.3 is 10.6 Å². The highest BCUT2D eigenvalue weighted by Crippen LogP contribution is 2.11. The maximum atomic E-state index is 13.5. The van der Waals surface area contributed by atoms with Crippen molar-refractivity contribution in [2.75, 3.05) is 13.1 Å². The number of nitrogens with zero attached hydrogens (tertiary/aromatic N) is 2. The van der Waals surface area contributed by atoms with Crippen molar-refractivity contribution >= 4 is 29.9 Å². The third-order valence-electron chi connectivity index (χ3n) is 2.28. The number of hydrogen-bond donors (Lipinski definition) is 2. The van der Waals surface area contributed by atoms with Gasteiger partial charge in [-0.15, -0.1) is 30.4 Å². The number of guanidine groups is 1. The van der Waals surface area contributed by atoms with Gasteiger partial charge in [-0.2, -0.15) is 5.26 Å². The van der Waals surface area contributed by atoms with Crippen LogP contribution in [0.25, 0.3) is 0 Å². The summed E-state index contributed by atoms with van der Waals surface area (Å²) in [5.41, 5.74) is 0.783. The Morgan fingerprint density at radius 2 is 2.20 bits per heavy atom. The lowest BCUT2D eigenvalue weighted by Crippen LogP contribution is -2.37. The lowest BCUT2D eigenvalue weighted by Gasteiger charge is -2.09. The summed E-state index contributed by atoms with van der Waals surface area (Å²) in [6.45, 7) is 3.08. The molecule has 20 heavy (non-hydrogen) atoms. The van der Waals surface area contributed by atoms with Gasteiger partial charge in [0.15, 0.2) is 5.96 Å². The first-order chi connectivity index (χ1) is 9.21. The summed E-state index contributed by atoms with van der Waals surface area (Å²) in [6, 6.07) is 6.16. The second kappa shape index (κ2) is 10.0. The molecule has 0 bridgehead atoms.